The van der Waals surface area contributed by atoms with Crippen molar-refractivity contribution in [2.45, 2.75) is 20.3 Å². The molecule has 1 heterocycles. The molecule has 0 radical (unpaired) electrons. The summed E-state index contributed by atoms with van der Waals surface area (Å²) in [6.07, 6.45) is 2.55. The Hall–Kier alpha value is -1.62. The van der Waals surface area contributed by atoms with Crippen molar-refractivity contribution in [2.24, 2.45) is 5.92 Å². The van der Waals surface area contributed by atoms with Crippen LogP contribution in [0.3, 0.4) is 0 Å². The zero-order valence-electron chi connectivity index (χ0n) is 11.0. The van der Waals surface area contributed by atoms with Gasteiger partial charge in [-0.1, -0.05) is 13.8 Å². The molecule has 1 amide bonds. The Kier molecular flexibility index (Phi) is 6.14. The molecule has 0 aliphatic carbocycles. The number of nitrogens with two attached hydrogens (primary N) is 1. The van der Waals surface area contributed by atoms with Crippen LogP contribution < -0.4 is 11.1 Å². The summed E-state index contributed by atoms with van der Waals surface area (Å²) < 4.78 is 5.40. The van der Waals surface area contributed by atoms with Crippen molar-refractivity contribution in [1.82, 2.24) is 10.3 Å². The van der Waals surface area contributed by atoms with Crippen LogP contribution in [0.1, 0.15) is 30.6 Å². The largest absolute Gasteiger partial charge is 0.384 e. The van der Waals surface area contributed by atoms with Crippen LogP contribution in [0.15, 0.2) is 18.3 Å². The third kappa shape index (κ3) is 5.63. The van der Waals surface area contributed by atoms with Crippen molar-refractivity contribution in [3.05, 3.63) is 23.9 Å². The second-order valence-electron chi connectivity index (χ2n) is 4.52. The molecule has 1 aromatic heterocycles. The molecule has 0 saturated carbocycles. The van der Waals surface area contributed by atoms with Gasteiger partial charge in [0.05, 0.1) is 6.61 Å². The van der Waals surface area contributed by atoms with Gasteiger partial charge >= 0.3 is 0 Å². The number of amides is 1. The highest BCUT2D eigenvalue weighted by Crippen LogP contribution is 2.02. The number of hydrogen-bond donors (Lipinski definition) is 2. The van der Waals surface area contributed by atoms with E-state index in [0.717, 1.165) is 13.0 Å². The first-order valence-electron chi connectivity index (χ1n) is 6.17. The molecule has 100 valence electrons. The first kappa shape index (κ1) is 14.4. The van der Waals surface area contributed by atoms with E-state index in [4.69, 9.17) is 10.5 Å². The number of anilines is 1. The van der Waals surface area contributed by atoms with Crippen molar-refractivity contribution in [3.8, 4) is 0 Å². The SMILES string of the molecule is CC(C)CCOCCNC(=O)c1ccnc(N)c1. The van der Waals surface area contributed by atoms with E-state index in [1.54, 1.807) is 12.1 Å². The Balaban J connectivity index is 2.18. The predicted octanol–water partition coefficient (Wildman–Crippen LogP) is 1.46. The molecule has 0 saturated heterocycles. The lowest BCUT2D eigenvalue weighted by Crippen LogP contribution is -2.27. The van der Waals surface area contributed by atoms with Gasteiger partial charge in [0.25, 0.3) is 5.91 Å². The lowest BCUT2D eigenvalue weighted by molar-refractivity contribution is 0.0906. The maximum atomic E-state index is 11.7. The highest BCUT2D eigenvalue weighted by atomic mass is 16.5. The summed E-state index contributed by atoms with van der Waals surface area (Å²) in [4.78, 5) is 15.5. The molecular formula is C13H21N3O2. The van der Waals surface area contributed by atoms with Gasteiger partial charge in [0, 0.05) is 24.9 Å². The number of aromatic nitrogens is 1. The molecule has 0 aromatic carbocycles. The molecule has 1 aromatic rings. The quantitative estimate of drug-likeness (QED) is 0.719. The van der Waals surface area contributed by atoms with Crippen LogP contribution in [-0.2, 0) is 4.74 Å². The number of nitrogens with zero attached hydrogens (tertiary/aromatic N) is 1. The summed E-state index contributed by atoms with van der Waals surface area (Å²) in [6.45, 7) is 6.06. The van der Waals surface area contributed by atoms with E-state index in [1.807, 2.05) is 0 Å². The number of hydrogen-bond acceptors (Lipinski definition) is 4. The van der Waals surface area contributed by atoms with Gasteiger partial charge in [-0.15, -0.1) is 0 Å². The summed E-state index contributed by atoms with van der Waals surface area (Å²) in [5.74, 6) is 0.826. The second-order valence-corrected chi connectivity index (χ2v) is 4.52. The van der Waals surface area contributed by atoms with Crippen molar-refractivity contribution >= 4 is 11.7 Å². The molecule has 0 bridgehead atoms. The van der Waals surface area contributed by atoms with Crippen LogP contribution in [0, 0.1) is 5.92 Å². The van der Waals surface area contributed by atoms with E-state index in [2.05, 4.69) is 24.1 Å². The molecule has 5 nitrogen and oxygen atoms in total. The summed E-state index contributed by atoms with van der Waals surface area (Å²) in [5.41, 5.74) is 6.02. The molecule has 0 atom stereocenters. The van der Waals surface area contributed by atoms with Crippen LogP contribution in [0.25, 0.3) is 0 Å². The molecule has 0 fully saturated rings. The van der Waals surface area contributed by atoms with Crippen LogP contribution in [-0.4, -0.2) is 30.6 Å². The average molecular weight is 251 g/mol. The van der Waals surface area contributed by atoms with Gasteiger partial charge in [0.15, 0.2) is 0 Å². The fraction of sp³-hybridized carbons (Fsp3) is 0.538. The van der Waals surface area contributed by atoms with E-state index in [0.29, 0.717) is 30.5 Å². The zero-order valence-corrected chi connectivity index (χ0v) is 11.0. The summed E-state index contributed by atoms with van der Waals surface area (Å²) >= 11 is 0. The summed E-state index contributed by atoms with van der Waals surface area (Å²) in [5, 5.41) is 2.77. The third-order valence-electron chi connectivity index (χ3n) is 2.41. The number of nitrogen functional groups attached to an aromatic ring is 1. The third-order valence-corrected chi connectivity index (χ3v) is 2.41. The minimum atomic E-state index is -0.156. The van der Waals surface area contributed by atoms with Gasteiger partial charge in [-0.2, -0.15) is 0 Å². The Morgan fingerprint density at radius 1 is 1.50 bits per heavy atom. The molecule has 5 heteroatoms. The van der Waals surface area contributed by atoms with Gasteiger partial charge in [0.1, 0.15) is 5.82 Å². The smallest absolute Gasteiger partial charge is 0.251 e. The Bertz CT molecular complexity index is 380. The second kappa shape index (κ2) is 7.66. The van der Waals surface area contributed by atoms with Gasteiger partial charge < -0.3 is 15.8 Å². The fourth-order valence-corrected chi connectivity index (χ4v) is 1.35. The fourth-order valence-electron chi connectivity index (χ4n) is 1.35. The van der Waals surface area contributed by atoms with Gasteiger partial charge in [0.2, 0.25) is 0 Å². The van der Waals surface area contributed by atoms with Gasteiger partial charge in [-0.25, -0.2) is 4.98 Å². The lowest BCUT2D eigenvalue weighted by atomic mass is 10.1. The van der Waals surface area contributed by atoms with Gasteiger partial charge in [-0.05, 0) is 24.5 Å². The average Bonchev–Trinajstić information content (AvgIpc) is 2.33. The standard InChI is InChI=1S/C13H21N3O2/c1-10(2)4-7-18-8-6-16-13(17)11-3-5-15-12(14)9-11/h3,5,9-10H,4,6-8H2,1-2H3,(H2,14,15)(H,16,17). The molecule has 0 aliphatic rings. The molecule has 3 N–H and O–H groups in total. The monoisotopic (exact) mass is 251 g/mol. The first-order chi connectivity index (χ1) is 8.59. The summed E-state index contributed by atoms with van der Waals surface area (Å²) in [6, 6.07) is 3.18. The van der Waals surface area contributed by atoms with Crippen LogP contribution in [0.2, 0.25) is 0 Å². The van der Waals surface area contributed by atoms with E-state index in [-0.39, 0.29) is 5.91 Å². The number of ether oxygens (including phenoxy) is 1. The van der Waals surface area contributed by atoms with Crippen LogP contribution in [0.4, 0.5) is 5.82 Å². The highest BCUT2D eigenvalue weighted by Gasteiger charge is 2.04. The van der Waals surface area contributed by atoms with Crippen molar-refractivity contribution < 1.29 is 9.53 Å². The molecular weight excluding hydrogens is 230 g/mol. The van der Waals surface area contributed by atoms with E-state index in [1.165, 1.54) is 6.20 Å². The molecule has 1 rings (SSSR count). The summed E-state index contributed by atoms with van der Waals surface area (Å²) in [7, 11) is 0. The maximum Gasteiger partial charge on any atom is 0.251 e. The minimum Gasteiger partial charge on any atom is -0.384 e. The van der Waals surface area contributed by atoms with Crippen LogP contribution >= 0.6 is 0 Å². The van der Waals surface area contributed by atoms with Crippen molar-refractivity contribution in [2.75, 3.05) is 25.5 Å². The van der Waals surface area contributed by atoms with E-state index in [9.17, 15) is 4.79 Å². The normalized spacial score (nSPS) is 10.6. The van der Waals surface area contributed by atoms with Gasteiger partial charge in [-0.3, -0.25) is 4.79 Å². The molecule has 18 heavy (non-hydrogen) atoms. The zero-order chi connectivity index (χ0) is 13.4. The Morgan fingerprint density at radius 3 is 2.94 bits per heavy atom. The maximum absolute atomic E-state index is 11.7. The number of rotatable bonds is 7. The van der Waals surface area contributed by atoms with Crippen molar-refractivity contribution in [3.63, 3.8) is 0 Å². The minimum absolute atomic E-state index is 0.156. The number of pyridine rings is 1. The number of nitrogens with one attached hydrogen (secondary N) is 1. The Morgan fingerprint density at radius 2 is 2.28 bits per heavy atom. The van der Waals surface area contributed by atoms with Crippen LogP contribution in [0.5, 0.6) is 0 Å². The Labute approximate surface area is 108 Å². The van der Waals surface area contributed by atoms with E-state index < -0.39 is 0 Å². The topological polar surface area (TPSA) is 77.2 Å². The first-order valence-corrected chi connectivity index (χ1v) is 6.17. The molecule has 0 aliphatic heterocycles. The highest BCUT2D eigenvalue weighted by molar-refractivity contribution is 5.94. The number of carbonyl (C=O) groups is 1. The number of carbonyl (C=O) groups excluding carboxylic acids is 1. The lowest BCUT2D eigenvalue weighted by Gasteiger charge is -2.08. The molecule has 0 unspecified atom stereocenters. The van der Waals surface area contributed by atoms with Crippen molar-refractivity contribution in [1.29, 1.82) is 0 Å². The molecule has 0 spiro atoms. The predicted molar refractivity (Wildman–Crippen MR) is 71.3 cm³/mol. The van der Waals surface area contributed by atoms with E-state index >= 15 is 0 Å².